The second-order valence-corrected chi connectivity index (χ2v) is 5.30. The first-order valence-corrected chi connectivity index (χ1v) is 6.68. The molecule has 0 radical (unpaired) electrons. The summed E-state index contributed by atoms with van der Waals surface area (Å²) in [5.41, 5.74) is 1.77. The normalized spacial score (nSPS) is 11.0. The quantitative estimate of drug-likeness (QED) is 0.628. The van der Waals surface area contributed by atoms with Gasteiger partial charge in [-0.3, -0.25) is 0 Å². The van der Waals surface area contributed by atoms with E-state index in [0.717, 1.165) is 5.39 Å². The van der Waals surface area contributed by atoms with Crippen LogP contribution in [0.1, 0.15) is 5.82 Å². The molecule has 0 fully saturated rings. The molecule has 3 rings (SSSR count). The molecule has 2 aromatic carbocycles. The lowest BCUT2D eigenvalue weighted by Crippen LogP contribution is -1.92. The van der Waals surface area contributed by atoms with Gasteiger partial charge >= 0.3 is 0 Å². The number of aromatic nitrogens is 2. The van der Waals surface area contributed by atoms with Crippen LogP contribution in [-0.2, 0) is 0 Å². The van der Waals surface area contributed by atoms with Gasteiger partial charge in [0.25, 0.3) is 0 Å². The van der Waals surface area contributed by atoms with Gasteiger partial charge in [0.2, 0.25) is 0 Å². The highest BCUT2D eigenvalue weighted by Gasteiger charge is 2.12. The maximum atomic E-state index is 14.1. The molecular weight excluding hydrogens is 298 g/mol. The molecule has 100 valence electrons. The maximum absolute atomic E-state index is 14.1. The van der Waals surface area contributed by atoms with Gasteiger partial charge in [-0.05, 0) is 42.8 Å². The number of benzene rings is 2. The Morgan fingerprint density at radius 1 is 1.00 bits per heavy atom. The zero-order valence-electron chi connectivity index (χ0n) is 10.5. The van der Waals surface area contributed by atoms with Crippen molar-refractivity contribution < 1.29 is 4.39 Å². The van der Waals surface area contributed by atoms with Crippen molar-refractivity contribution in [3.05, 3.63) is 58.2 Å². The molecule has 3 aromatic rings. The fraction of sp³-hybridized carbons (Fsp3) is 0.0667. The molecule has 20 heavy (non-hydrogen) atoms. The Balaban J connectivity index is 2.35. The van der Waals surface area contributed by atoms with E-state index in [4.69, 9.17) is 23.2 Å². The van der Waals surface area contributed by atoms with E-state index in [1.165, 1.54) is 6.07 Å². The van der Waals surface area contributed by atoms with Crippen molar-refractivity contribution in [2.45, 2.75) is 6.92 Å². The molecule has 2 nitrogen and oxygen atoms in total. The van der Waals surface area contributed by atoms with Crippen LogP contribution < -0.4 is 0 Å². The molecule has 0 aliphatic heterocycles. The molecule has 1 aromatic heterocycles. The van der Waals surface area contributed by atoms with Crippen molar-refractivity contribution in [3.8, 4) is 11.1 Å². The van der Waals surface area contributed by atoms with Crippen LogP contribution in [0.4, 0.5) is 4.39 Å². The molecule has 0 saturated heterocycles. The van der Waals surface area contributed by atoms with Crippen LogP contribution in [0.3, 0.4) is 0 Å². The van der Waals surface area contributed by atoms with Gasteiger partial charge in [-0.15, -0.1) is 0 Å². The SMILES string of the molecule is Cc1ncc2c(-c3ccc(Cl)cc3F)cc(Cl)cc2n1. The molecule has 0 aliphatic rings. The van der Waals surface area contributed by atoms with Crippen LogP contribution in [-0.4, -0.2) is 9.97 Å². The van der Waals surface area contributed by atoms with E-state index in [0.29, 0.717) is 32.5 Å². The molecular formula is C15H9Cl2FN2. The average Bonchev–Trinajstić information content (AvgIpc) is 2.37. The molecule has 0 amide bonds. The van der Waals surface area contributed by atoms with E-state index >= 15 is 0 Å². The van der Waals surface area contributed by atoms with Crippen molar-refractivity contribution in [1.82, 2.24) is 9.97 Å². The smallest absolute Gasteiger partial charge is 0.132 e. The first-order chi connectivity index (χ1) is 9.54. The summed E-state index contributed by atoms with van der Waals surface area (Å²) in [6, 6.07) is 7.99. The summed E-state index contributed by atoms with van der Waals surface area (Å²) in [7, 11) is 0. The zero-order valence-corrected chi connectivity index (χ0v) is 12.0. The summed E-state index contributed by atoms with van der Waals surface area (Å²) in [6.45, 7) is 1.79. The topological polar surface area (TPSA) is 25.8 Å². The summed E-state index contributed by atoms with van der Waals surface area (Å²) >= 11 is 11.9. The van der Waals surface area contributed by atoms with Crippen molar-refractivity contribution in [3.63, 3.8) is 0 Å². The Hall–Kier alpha value is -1.71. The highest BCUT2D eigenvalue weighted by Crippen LogP contribution is 2.33. The van der Waals surface area contributed by atoms with E-state index in [1.807, 2.05) is 0 Å². The first kappa shape index (κ1) is 13.3. The fourth-order valence-electron chi connectivity index (χ4n) is 2.12. The van der Waals surface area contributed by atoms with Gasteiger partial charge in [-0.2, -0.15) is 0 Å². The van der Waals surface area contributed by atoms with Crippen LogP contribution in [0.5, 0.6) is 0 Å². The zero-order chi connectivity index (χ0) is 14.3. The standard InChI is InChI=1S/C15H9Cl2FN2/c1-8-19-7-13-12(4-10(17)6-15(13)20-8)11-3-2-9(16)5-14(11)18/h2-7H,1H3. The van der Waals surface area contributed by atoms with Crippen molar-refractivity contribution in [1.29, 1.82) is 0 Å². The Labute approximate surface area is 125 Å². The summed E-state index contributed by atoms with van der Waals surface area (Å²) in [6.07, 6.45) is 1.68. The van der Waals surface area contributed by atoms with Crippen LogP contribution in [0.25, 0.3) is 22.0 Å². The predicted octanol–water partition coefficient (Wildman–Crippen LogP) is 5.05. The van der Waals surface area contributed by atoms with E-state index in [2.05, 4.69) is 9.97 Å². The monoisotopic (exact) mass is 306 g/mol. The molecule has 1 heterocycles. The van der Waals surface area contributed by atoms with Gasteiger partial charge in [0, 0.05) is 27.2 Å². The Morgan fingerprint density at radius 2 is 1.80 bits per heavy atom. The molecule has 0 bridgehead atoms. The van der Waals surface area contributed by atoms with Crippen LogP contribution in [0.15, 0.2) is 36.5 Å². The number of nitrogens with zero attached hydrogens (tertiary/aromatic N) is 2. The third-order valence-corrected chi connectivity index (χ3v) is 3.46. The fourth-order valence-corrected chi connectivity index (χ4v) is 2.49. The number of fused-ring (bicyclic) bond motifs is 1. The second-order valence-electron chi connectivity index (χ2n) is 4.43. The predicted molar refractivity (Wildman–Crippen MR) is 79.7 cm³/mol. The number of aryl methyl sites for hydroxylation is 1. The highest BCUT2D eigenvalue weighted by atomic mass is 35.5. The van der Waals surface area contributed by atoms with Crippen molar-refractivity contribution >= 4 is 34.1 Å². The van der Waals surface area contributed by atoms with Gasteiger partial charge in [0.05, 0.1) is 5.52 Å². The maximum Gasteiger partial charge on any atom is 0.132 e. The summed E-state index contributed by atoms with van der Waals surface area (Å²) in [5.74, 6) is 0.240. The molecule has 0 aliphatic carbocycles. The number of halogens is 3. The summed E-state index contributed by atoms with van der Waals surface area (Å²) < 4.78 is 14.1. The lowest BCUT2D eigenvalue weighted by molar-refractivity contribution is 0.631. The Morgan fingerprint density at radius 3 is 2.55 bits per heavy atom. The minimum atomic E-state index is -0.401. The molecule has 5 heteroatoms. The van der Waals surface area contributed by atoms with Crippen LogP contribution in [0, 0.1) is 12.7 Å². The minimum absolute atomic E-state index is 0.352. The average molecular weight is 307 g/mol. The summed E-state index contributed by atoms with van der Waals surface area (Å²) in [5, 5.41) is 1.60. The van der Waals surface area contributed by atoms with Crippen molar-refractivity contribution in [2.24, 2.45) is 0 Å². The molecule has 0 unspecified atom stereocenters. The Kier molecular flexibility index (Phi) is 3.32. The van der Waals surface area contributed by atoms with Gasteiger partial charge in [0.1, 0.15) is 11.6 Å². The van der Waals surface area contributed by atoms with E-state index < -0.39 is 5.82 Å². The first-order valence-electron chi connectivity index (χ1n) is 5.93. The summed E-state index contributed by atoms with van der Waals surface area (Å²) in [4.78, 5) is 8.49. The van der Waals surface area contributed by atoms with E-state index in [9.17, 15) is 4.39 Å². The Bertz CT molecular complexity index is 813. The van der Waals surface area contributed by atoms with Gasteiger partial charge < -0.3 is 0 Å². The number of hydrogen-bond donors (Lipinski definition) is 0. The molecule has 0 saturated carbocycles. The van der Waals surface area contributed by atoms with Crippen LogP contribution >= 0.6 is 23.2 Å². The molecule has 0 N–H and O–H groups in total. The van der Waals surface area contributed by atoms with Crippen LogP contribution in [0.2, 0.25) is 10.0 Å². The van der Waals surface area contributed by atoms with Gasteiger partial charge in [-0.25, -0.2) is 14.4 Å². The number of rotatable bonds is 1. The third kappa shape index (κ3) is 2.35. The highest BCUT2D eigenvalue weighted by molar-refractivity contribution is 6.32. The van der Waals surface area contributed by atoms with Crippen molar-refractivity contribution in [2.75, 3.05) is 0 Å². The largest absolute Gasteiger partial charge is 0.241 e. The lowest BCUT2D eigenvalue weighted by Gasteiger charge is -2.09. The lowest BCUT2D eigenvalue weighted by atomic mass is 10.0. The van der Waals surface area contributed by atoms with Gasteiger partial charge in [0.15, 0.2) is 0 Å². The van der Waals surface area contributed by atoms with Gasteiger partial charge in [-0.1, -0.05) is 23.2 Å². The number of hydrogen-bond acceptors (Lipinski definition) is 2. The molecule has 0 atom stereocenters. The second kappa shape index (κ2) is 5.00. The van der Waals surface area contributed by atoms with E-state index in [1.54, 1.807) is 37.4 Å². The van der Waals surface area contributed by atoms with E-state index in [-0.39, 0.29) is 0 Å². The third-order valence-electron chi connectivity index (χ3n) is 3.01. The minimum Gasteiger partial charge on any atom is -0.241 e. The molecule has 0 spiro atoms.